The van der Waals surface area contributed by atoms with Gasteiger partial charge in [-0.05, 0) is 36.8 Å². The Morgan fingerprint density at radius 3 is 2.00 bits per heavy atom. The second-order valence-corrected chi connectivity index (χ2v) is 8.75. The van der Waals surface area contributed by atoms with Crippen molar-refractivity contribution in [3.05, 3.63) is 24.3 Å². The first-order valence-electron chi connectivity index (χ1n) is 7.84. The molecule has 0 fully saturated rings. The lowest BCUT2D eigenvalue weighted by molar-refractivity contribution is 0.441. The molecule has 0 aliphatic rings. The van der Waals surface area contributed by atoms with Crippen molar-refractivity contribution in [3.8, 4) is 0 Å². The van der Waals surface area contributed by atoms with Gasteiger partial charge < -0.3 is 5.32 Å². The Kier molecular flexibility index (Phi) is 6.72. The predicted molar refractivity (Wildman–Crippen MR) is 90.5 cm³/mol. The molecule has 0 bridgehead atoms. The van der Waals surface area contributed by atoms with E-state index >= 15 is 0 Å². The summed E-state index contributed by atoms with van der Waals surface area (Å²) in [5.41, 5.74) is 0.741. The van der Waals surface area contributed by atoms with E-state index in [1.165, 1.54) is 0 Å². The molecule has 0 aliphatic carbocycles. The number of hydrogen-bond acceptors (Lipinski definition) is 3. The first-order chi connectivity index (χ1) is 9.76. The minimum absolute atomic E-state index is 0.130. The van der Waals surface area contributed by atoms with Crippen LogP contribution in [-0.4, -0.2) is 20.2 Å². The van der Waals surface area contributed by atoms with E-state index in [0.717, 1.165) is 18.5 Å². The second kappa shape index (κ2) is 7.83. The van der Waals surface area contributed by atoms with Gasteiger partial charge in [-0.15, -0.1) is 0 Å². The van der Waals surface area contributed by atoms with Crippen molar-refractivity contribution in [2.24, 2.45) is 11.8 Å². The van der Waals surface area contributed by atoms with Crippen molar-refractivity contribution in [3.63, 3.8) is 0 Å². The van der Waals surface area contributed by atoms with E-state index in [2.05, 4.69) is 33.0 Å². The molecule has 0 saturated heterocycles. The maximum atomic E-state index is 12.2. The molecule has 4 heteroatoms. The van der Waals surface area contributed by atoms with Crippen LogP contribution in [0.4, 0.5) is 5.69 Å². The Balaban J connectivity index is 3.04. The van der Waals surface area contributed by atoms with Crippen LogP contribution in [0.15, 0.2) is 29.2 Å². The van der Waals surface area contributed by atoms with Gasteiger partial charge >= 0.3 is 0 Å². The summed E-state index contributed by atoms with van der Waals surface area (Å²) in [4.78, 5) is 0.421. The third kappa shape index (κ3) is 5.70. The lowest BCUT2D eigenvalue weighted by Gasteiger charge is -2.24. The fraction of sp³-hybridized carbons (Fsp3) is 0.647. The van der Waals surface area contributed by atoms with Gasteiger partial charge in [0.2, 0.25) is 0 Å². The van der Waals surface area contributed by atoms with Crippen LogP contribution in [0.5, 0.6) is 0 Å². The van der Waals surface area contributed by atoms with Gasteiger partial charge in [0.25, 0.3) is 0 Å². The maximum absolute atomic E-state index is 12.2. The van der Waals surface area contributed by atoms with Crippen LogP contribution in [0.1, 0.15) is 47.5 Å². The van der Waals surface area contributed by atoms with E-state index in [1.807, 2.05) is 12.1 Å². The highest BCUT2D eigenvalue weighted by atomic mass is 32.2. The normalized spacial score (nSPS) is 12.4. The predicted octanol–water partition coefficient (Wildman–Crippen LogP) is 4.35. The SMILES string of the molecule is CCS(=O)(=O)c1ccccc1NC(CC(C)C)CC(C)C. The second-order valence-electron chi connectivity index (χ2n) is 6.50. The number of para-hydroxylation sites is 1. The molecule has 0 amide bonds. The minimum Gasteiger partial charge on any atom is -0.381 e. The molecular formula is C17H29NO2S. The summed E-state index contributed by atoms with van der Waals surface area (Å²) in [6, 6.07) is 7.55. The highest BCUT2D eigenvalue weighted by Gasteiger charge is 2.19. The molecule has 0 saturated carbocycles. The topological polar surface area (TPSA) is 46.2 Å². The van der Waals surface area contributed by atoms with Gasteiger partial charge in [0.1, 0.15) is 0 Å². The summed E-state index contributed by atoms with van der Waals surface area (Å²) in [6.45, 7) is 10.5. The van der Waals surface area contributed by atoms with Gasteiger partial charge in [-0.25, -0.2) is 8.42 Å². The van der Waals surface area contributed by atoms with E-state index in [1.54, 1.807) is 19.1 Å². The van der Waals surface area contributed by atoms with Crippen LogP contribution in [0, 0.1) is 11.8 Å². The van der Waals surface area contributed by atoms with Crippen LogP contribution < -0.4 is 5.32 Å². The van der Waals surface area contributed by atoms with Crippen molar-refractivity contribution >= 4 is 15.5 Å². The van der Waals surface area contributed by atoms with Crippen molar-refractivity contribution in [2.75, 3.05) is 11.1 Å². The lowest BCUT2D eigenvalue weighted by atomic mass is 9.95. The van der Waals surface area contributed by atoms with Gasteiger partial charge in [0.15, 0.2) is 9.84 Å². The highest BCUT2D eigenvalue weighted by Crippen LogP contribution is 2.25. The van der Waals surface area contributed by atoms with Crippen molar-refractivity contribution in [2.45, 2.75) is 58.4 Å². The Bertz CT molecular complexity index is 525. The van der Waals surface area contributed by atoms with Gasteiger partial charge in [0, 0.05) is 6.04 Å². The molecule has 1 rings (SSSR count). The zero-order valence-electron chi connectivity index (χ0n) is 13.9. The lowest BCUT2D eigenvalue weighted by Crippen LogP contribution is -2.24. The first-order valence-corrected chi connectivity index (χ1v) is 9.49. The molecule has 0 atom stereocenters. The van der Waals surface area contributed by atoms with Crippen molar-refractivity contribution in [1.29, 1.82) is 0 Å². The summed E-state index contributed by atoms with van der Waals surface area (Å²) in [5, 5.41) is 3.47. The molecular weight excluding hydrogens is 282 g/mol. The molecule has 1 N–H and O–H groups in total. The van der Waals surface area contributed by atoms with Crippen LogP contribution in [0.2, 0.25) is 0 Å². The maximum Gasteiger partial charge on any atom is 0.180 e. The molecule has 0 aromatic heterocycles. The van der Waals surface area contributed by atoms with Crippen LogP contribution in [0.25, 0.3) is 0 Å². The molecule has 21 heavy (non-hydrogen) atoms. The summed E-state index contributed by atoms with van der Waals surface area (Å²) < 4.78 is 24.4. The van der Waals surface area contributed by atoms with Crippen molar-refractivity contribution < 1.29 is 8.42 Å². The Morgan fingerprint density at radius 1 is 1.00 bits per heavy atom. The third-order valence-corrected chi connectivity index (χ3v) is 5.26. The fourth-order valence-corrected chi connectivity index (χ4v) is 3.64. The standard InChI is InChI=1S/C17H29NO2S/c1-6-21(19,20)17-10-8-7-9-16(17)18-15(11-13(2)3)12-14(4)5/h7-10,13-15,18H,6,11-12H2,1-5H3. The summed E-state index contributed by atoms with van der Waals surface area (Å²) in [6.07, 6.45) is 2.08. The Labute approximate surface area is 130 Å². The molecule has 0 heterocycles. The largest absolute Gasteiger partial charge is 0.381 e. The molecule has 120 valence electrons. The van der Waals surface area contributed by atoms with Crippen molar-refractivity contribution in [1.82, 2.24) is 0 Å². The van der Waals surface area contributed by atoms with Crippen LogP contribution >= 0.6 is 0 Å². The molecule has 0 unspecified atom stereocenters. The zero-order chi connectivity index (χ0) is 16.0. The quantitative estimate of drug-likeness (QED) is 0.776. The van der Waals surface area contributed by atoms with Gasteiger partial charge in [-0.2, -0.15) is 0 Å². The summed E-state index contributed by atoms with van der Waals surface area (Å²) in [7, 11) is -3.19. The average molecular weight is 311 g/mol. The van der Waals surface area contributed by atoms with Crippen LogP contribution in [0.3, 0.4) is 0 Å². The third-order valence-electron chi connectivity index (χ3n) is 3.47. The number of nitrogens with one attached hydrogen (secondary N) is 1. The Hall–Kier alpha value is -1.03. The van der Waals surface area contributed by atoms with E-state index in [4.69, 9.17) is 0 Å². The smallest absolute Gasteiger partial charge is 0.180 e. The number of sulfone groups is 1. The van der Waals surface area contributed by atoms with Gasteiger partial charge in [0.05, 0.1) is 16.3 Å². The highest BCUT2D eigenvalue weighted by molar-refractivity contribution is 7.91. The van der Waals surface area contributed by atoms with E-state index in [0.29, 0.717) is 22.8 Å². The number of hydrogen-bond donors (Lipinski definition) is 1. The average Bonchev–Trinajstić information content (AvgIpc) is 2.37. The van der Waals surface area contributed by atoms with E-state index < -0.39 is 9.84 Å². The number of benzene rings is 1. The molecule has 1 aromatic carbocycles. The van der Waals surface area contributed by atoms with Gasteiger partial charge in [-0.3, -0.25) is 0 Å². The number of anilines is 1. The van der Waals surface area contributed by atoms with E-state index in [-0.39, 0.29) is 5.75 Å². The molecule has 1 aromatic rings. The van der Waals surface area contributed by atoms with Crippen LogP contribution in [-0.2, 0) is 9.84 Å². The fourth-order valence-electron chi connectivity index (χ4n) is 2.58. The van der Waals surface area contributed by atoms with E-state index in [9.17, 15) is 8.42 Å². The first kappa shape index (κ1) is 18.0. The monoisotopic (exact) mass is 311 g/mol. The molecule has 0 aliphatic heterocycles. The molecule has 3 nitrogen and oxygen atoms in total. The molecule has 0 radical (unpaired) electrons. The molecule has 0 spiro atoms. The Morgan fingerprint density at radius 2 is 1.52 bits per heavy atom. The minimum atomic E-state index is -3.19. The van der Waals surface area contributed by atoms with Gasteiger partial charge in [-0.1, -0.05) is 46.8 Å². The summed E-state index contributed by atoms with van der Waals surface area (Å²) >= 11 is 0. The number of rotatable bonds is 8. The zero-order valence-corrected chi connectivity index (χ0v) is 14.7. The summed E-state index contributed by atoms with van der Waals surface area (Å²) in [5.74, 6) is 1.29.